The normalized spacial score (nSPS) is 11.9. The number of hydrogen-bond acceptors (Lipinski definition) is 4. The fourth-order valence-electron chi connectivity index (χ4n) is 3.61. The molecule has 0 aliphatic rings. The third kappa shape index (κ3) is 37.3. The quantitative estimate of drug-likeness (QED) is 0.107. The van der Waals surface area contributed by atoms with Gasteiger partial charge in [-0.1, -0.05) is 116 Å². The van der Waals surface area contributed by atoms with E-state index in [1.165, 1.54) is 96.3 Å². The molecule has 0 spiro atoms. The number of sulfone groups is 1. The van der Waals surface area contributed by atoms with E-state index in [0.717, 1.165) is 19.3 Å². The third-order valence-corrected chi connectivity index (χ3v) is 7.24. The van der Waals surface area contributed by atoms with Gasteiger partial charge in [0, 0.05) is 6.61 Å². The molecule has 32 heavy (non-hydrogen) atoms. The van der Waals surface area contributed by atoms with Crippen molar-refractivity contribution in [1.82, 2.24) is 0 Å². The van der Waals surface area contributed by atoms with Crippen molar-refractivity contribution in [3.8, 4) is 0 Å². The molecule has 0 aromatic carbocycles. The van der Waals surface area contributed by atoms with Gasteiger partial charge in [0.2, 0.25) is 0 Å². The minimum Gasteiger partial charge on any atom is -0.396 e. The highest BCUT2D eigenvalue weighted by molar-refractivity contribution is 7.91. The van der Waals surface area contributed by atoms with E-state index in [1.54, 1.807) is 0 Å². The van der Waals surface area contributed by atoms with Gasteiger partial charge >= 0.3 is 7.82 Å². The zero-order valence-electron chi connectivity index (χ0n) is 20.4. The number of phosphoric acid groups is 1. The molecular formula is C23H51O7PS. The van der Waals surface area contributed by atoms with E-state index in [-0.39, 0.29) is 12.4 Å². The lowest BCUT2D eigenvalue weighted by Crippen LogP contribution is -2.12. The van der Waals surface area contributed by atoms with Gasteiger partial charge in [0.1, 0.15) is 9.84 Å². The van der Waals surface area contributed by atoms with E-state index in [0.29, 0.717) is 12.2 Å². The van der Waals surface area contributed by atoms with Crippen molar-refractivity contribution in [1.29, 1.82) is 0 Å². The minimum atomic E-state index is -4.64. The first kappa shape index (κ1) is 34.2. The first-order valence-corrected chi connectivity index (χ1v) is 16.1. The molecule has 9 heteroatoms. The van der Waals surface area contributed by atoms with Gasteiger partial charge in [0.05, 0.1) is 11.5 Å². The maximum Gasteiger partial charge on any atom is 0.466 e. The highest BCUT2D eigenvalue weighted by Gasteiger charge is 2.09. The van der Waals surface area contributed by atoms with Gasteiger partial charge in [-0.05, 0) is 12.8 Å². The van der Waals surface area contributed by atoms with Crippen LogP contribution in [-0.2, 0) is 14.4 Å². The zero-order chi connectivity index (χ0) is 24.6. The Balaban J connectivity index is 0. The van der Waals surface area contributed by atoms with Crippen molar-refractivity contribution < 1.29 is 32.8 Å². The lowest BCUT2D eigenvalue weighted by Gasteiger charge is -2.04. The molecule has 0 saturated heterocycles. The molecule has 0 aliphatic heterocycles. The molecule has 0 amide bonds. The average Bonchev–Trinajstić information content (AvgIpc) is 2.70. The molecular weight excluding hydrogens is 451 g/mol. The van der Waals surface area contributed by atoms with Crippen molar-refractivity contribution >= 4 is 17.7 Å². The molecule has 0 aliphatic carbocycles. The Morgan fingerprint density at radius 1 is 0.531 bits per heavy atom. The van der Waals surface area contributed by atoms with Crippen molar-refractivity contribution in [3.05, 3.63) is 0 Å². The first-order chi connectivity index (χ1) is 15.1. The summed E-state index contributed by atoms with van der Waals surface area (Å²) in [5.41, 5.74) is 0. The lowest BCUT2D eigenvalue weighted by atomic mass is 10.0. The largest absolute Gasteiger partial charge is 0.466 e. The summed E-state index contributed by atoms with van der Waals surface area (Å²) < 4.78 is 32.2. The number of aliphatic hydroxyl groups excluding tert-OH is 1. The van der Waals surface area contributed by atoms with E-state index in [4.69, 9.17) is 24.4 Å². The number of rotatable bonds is 22. The van der Waals surface area contributed by atoms with E-state index in [1.807, 2.05) is 0 Å². The number of hydrogen-bond donors (Lipinski definition) is 4. The van der Waals surface area contributed by atoms with Gasteiger partial charge in [0.25, 0.3) is 0 Å². The van der Waals surface area contributed by atoms with Crippen LogP contribution in [0, 0.1) is 0 Å². The molecule has 0 rings (SSSR count). The van der Waals surface area contributed by atoms with Crippen LogP contribution >= 0.6 is 7.82 Å². The molecule has 7 nitrogen and oxygen atoms in total. The van der Waals surface area contributed by atoms with Crippen LogP contribution in [0.1, 0.15) is 129 Å². The highest BCUT2D eigenvalue weighted by atomic mass is 32.2. The first-order valence-electron chi connectivity index (χ1n) is 12.7. The van der Waals surface area contributed by atoms with Crippen LogP contribution in [0.15, 0.2) is 0 Å². The van der Waals surface area contributed by atoms with Crippen molar-refractivity contribution in [2.24, 2.45) is 0 Å². The Kier molecular flexibility index (Phi) is 25.8. The fourth-order valence-corrected chi connectivity index (χ4v) is 5.03. The summed E-state index contributed by atoms with van der Waals surface area (Å²) >= 11 is 0. The summed E-state index contributed by atoms with van der Waals surface area (Å²) in [7, 11) is -7.56. The Morgan fingerprint density at radius 3 is 1.06 bits per heavy atom. The van der Waals surface area contributed by atoms with Gasteiger partial charge < -0.3 is 19.8 Å². The third-order valence-electron chi connectivity index (χ3n) is 5.42. The molecule has 4 N–H and O–H groups in total. The summed E-state index contributed by atoms with van der Waals surface area (Å²) in [6.45, 7) is 2.25. The Morgan fingerprint density at radius 2 is 0.781 bits per heavy atom. The smallest absolute Gasteiger partial charge is 0.396 e. The summed E-state index contributed by atoms with van der Waals surface area (Å²) in [6, 6.07) is 0. The zero-order valence-corrected chi connectivity index (χ0v) is 22.1. The lowest BCUT2D eigenvalue weighted by molar-refractivity contribution is 0.275. The Labute approximate surface area is 197 Å². The van der Waals surface area contributed by atoms with Crippen LogP contribution in [0.3, 0.4) is 0 Å². The average molecular weight is 503 g/mol. The Bertz CT molecular complexity index is 512. The summed E-state index contributed by atoms with van der Waals surface area (Å²) in [5, 5.41) is 8.69. The van der Waals surface area contributed by atoms with Crippen molar-refractivity contribution in [3.63, 3.8) is 0 Å². The second-order valence-electron chi connectivity index (χ2n) is 8.75. The van der Waals surface area contributed by atoms with Crippen LogP contribution in [-0.4, -0.2) is 46.3 Å². The van der Waals surface area contributed by atoms with Gasteiger partial charge in [-0.3, -0.25) is 0 Å². The molecule has 0 heterocycles. The standard InChI is InChI=1S/C23H48O3S.H3O4P/c1-2-3-4-5-6-7-8-9-10-11-12-13-14-15-16-17-18-19-22-27(25,26)23-20-21-24;1-5(2,3)4/h24H,2-23H2,1H3;(H3,1,2,3,4). The molecule has 0 unspecified atom stereocenters. The predicted molar refractivity (Wildman–Crippen MR) is 133 cm³/mol. The van der Waals surface area contributed by atoms with E-state index < -0.39 is 17.7 Å². The van der Waals surface area contributed by atoms with Crippen LogP contribution in [0.5, 0.6) is 0 Å². The SMILES string of the molecule is CCCCCCCCCCCCCCCCCCCCS(=O)(=O)CCCO.O=P(O)(O)O. The maximum atomic E-state index is 11.7. The summed E-state index contributed by atoms with van der Waals surface area (Å²) in [5.74, 6) is 0.439. The second-order valence-corrected chi connectivity index (χ2v) is 12.1. The van der Waals surface area contributed by atoms with Crippen LogP contribution in [0.4, 0.5) is 0 Å². The predicted octanol–water partition coefficient (Wildman–Crippen LogP) is 5.90. The number of unbranched alkanes of at least 4 members (excludes halogenated alkanes) is 17. The van der Waals surface area contributed by atoms with E-state index >= 15 is 0 Å². The number of aliphatic hydroxyl groups is 1. The molecule has 0 saturated carbocycles. The van der Waals surface area contributed by atoms with Crippen LogP contribution < -0.4 is 0 Å². The molecule has 0 atom stereocenters. The minimum absolute atomic E-state index is 0.0294. The van der Waals surface area contributed by atoms with Crippen LogP contribution in [0.2, 0.25) is 0 Å². The highest BCUT2D eigenvalue weighted by Crippen LogP contribution is 2.25. The molecule has 196 valence electrons. The van der Waals surface area contributed by atoms with Crippen LogP contribution in [0.25, 0.3) is 0 Å². The van der Waals surface area contributed by atoms with Crippen molar-refractivity contribution in [2.45, 2.75) is 129 Å². The monoisotopic (exact) mass is 502 g/mol. The molecule has 0 aromatic heterocycles. The topological polar surface area (TPSA) is 132 Å². The van der Waals surface area contributed by atoms with Gasteiger partial charge in [-0.2, -0.15) is 0 Å². The van der Waals surface area contributed by atoms with Crippen molar-refractivity contribution in [2.75, 3.05) is 18.1 Å². The fraction of sp³-hybridized carbons (Fsp3) is 1.00. The van der Waals surface area contributed by atoms with Gasteiger partial charge in [-0.15, -0.1) is 0 Å². The molecule has 0 bridgehead atoms. The molecule has 0 radical (unpaired) electrons. The Hall–Kier alpha value is 0.0200. The van der Waals surface area contributed by atoms with E-state index in [2.05, 4.69) is 6.92 Å². The van der Waals surface area contributed by atoms with E-state index in [9.17, 15) is 8.42 Å². The summed E-state index contributed by atoms with van der Waals surface area (Å²) in [6.07, 6.45) is 24.2. The maximum absolute atomic E-state index is 11.7. The van der Waals surface area contributed by atoms with Gasteiger partial charge in [-0.25, -0.2) is 13.0 Å². The van der Waals surface area contributed by atoms with Gasteiger partial charge in [0.15, 0.2) is 0 Å². The second kappa shape index (κ2) is 24.2. The molecule has 0 aromatic rings. The summed E-state index contributed by atoms with van der Waals surface area (Å²) in [4.78, 5) is 21.6. The molecule has 0 fully saturated rings.